The second kappa shape index (κ2) is 6.36. The van der Waals surface area contributed by atoms with E-state index in [1.54, 1.807) is 0 Å². The fourth-order valence-electron chi connectivity index (χ4n) is 2.74. The normalized spacial score (nSPS) is 11.0. The smallest absolute Gasteiger partial charge is 0.224 e. The van der Waals surface area contributed by atoms with Crippen molar-refractivity contribution in [3.63, 3.8) is 0 Å². The van der Waals surface area contributed by atoms with E-state index in [0.29, 0.717) is 18.4 Å². The van der Waals surface area contributed by atoms with Gasteiger partial charge in [0.25, 0.3) is 0 Å². The van der Waals surface area contributed by atoms with Crippen LogP contribution in [0.15, 0.2) is 59.0 Å². The lowest BCUT2D eigenvalue weighted by Gasteiger charge is -2.09. The first-order valence-electron chi connectivity index (χ1n) is 8.20. The number of hydrogen-bond acceptors (Lipinski definition) is 5. The van der Waals surface area contributed by atoms with Crippen molar-refractivity contribution >= 4 is 16.9 Å². The molecule has 5 nitrogen and oxygen atoms in total. The van der Waals surface area contributed by atoms with Gasteiger partial charge in [-0.25, -0.2) is 15.0 Å². The molecule has 0 atom stereocenters. The standard InChI is InChI=1S/C20H18N4O/c1-13-14(2)25-18(22-13)12-21-20-23-17-11-7-6-10-16(17)19(24-20)15-8-4-3-5-9-15/h3-11H,12H2,1-2H3,(H,21,23,24). The number of fused-ring (bicyclic) bond motifs is 1. The molecule has 2 aromatic carbocycles. The maximum Gasteiger partial charge on any atom is 0.224 e. The molecule has 0 aliphatic heterocycles. The first-order chi connectivity index (χ1) is 12.2. The minimum absolute atomic E-state index is 0.446. The highest BCUT2D eigenvalue weighted by Crippen LogP contribution is 2.27. The van der Waals surface area contributed by atoms with Crippen molar-refractivity contribution in [1.29, 1.82) is 0 Å². The Morgan fingerprint density at radius 2 is 1.64 bits per heavy atom. The van der Waals surface area contributed by atoms with Gasteiger partial charge in [0.15, 0.2) is 0 Å². The van der Waals surface area contributed by atoms with Crippen LogP contribution in [0, 0.1) is 13.8 Å². The first-order valence-corrected chi connectivity index (χ1v) is 8.20. The minimum atomic E-state index is 0.446. The van der Waals surface area contributed by atoms with E-state index in [-0.39, 0.29) is 0 Å². The van der Waals surface area contributed by atoms with Crippen molar-refractivity contribution in [1.82, 2.24) is 15.0 Å². The highest BCUT2D eigenvalue weighted by molar-refractivity contribution is 5.93. The summed E-state index contributed by atoms with van der Waals surface area (Å²) in [4.78, 5) is 13.7. The molecule has 0 aliphatic carbocycles. The van der Waals surface area contributed by atoms with E-state index < -0.39 is 0 Å². The van der Waals surface area contributed by atoms with Crippen LogP contribution in [0.2, 0.25) is 0 Å². The molecule has 124 valence electrons. The van der Waals surface area contributed by atoms with Crippen molar-refractivity contribution in [2.45, 2.75) is 20.4 Å². The zero-order valence-electron chi connectivity index (χ0n) is 14.2. The quantitative estimate of drug-likeness (QED) is 0.596. The number of anilines is 1. The highest BCUT2D eigenvalue weighted by Gasteiger charge is 2.11. The Balaban J connectivity index is 1.72. The first kappa shape index (κ1) is 15.3. The lowest BCUT2D eigenvalue weighted by Crippen LogP contribution is -2.05. The van der Waals surface area contributed by atoms with Crippen LogP contribution >= 0.6 is 0 Å². The van der Waals surface area contributed by atoms with Crippen LogP contribution in [-0.2, 0) is 6.54 Å². The monoisotopic (exact) mass is 330 g/mol. The predicted molar refractivity (Wildman–Crippen MR) is 98.3 cm³/mol. The lowest BCUT2D eigenvalue weighted by atomic mass is 10.1. The molecule has 0 spiro atoms. The van der Waals surface area contributed by atoms with Gasteiger partial charge in [-0.05, 0) is 19.9 Å². The van der Waals surface area contributed by atoms with Gasteiger partial charge in [0.2, 0.25) is 11.8 Å². The highest BCUT2D eigenvalue weighted by atomic mass is 16.4. The van der Waals surface area contributed by atoms with Gasteiger partial charge >= 0.3 is 0 Å². The predicted octanol–water partition coefficient (Wildman–Crippen LogP) is 4.51. The van der Waals surface area contributed by atoms with Crippen molar-refractivity contribution in [2.75, 3.05) is 5.32 Å². The van der Waals surface area contributed by atoms with Gasteiger partial charge in [0.1, 0.15) is 5.76 Å². The molecule has 2 heterocycles. The molecule has 0 radical (unpaired) electrons. The fraction of sp³-hybridized carbons (Fsp3) is 0.150. The Morgan fingerprint density at radius 3 is 2.40 bits per heavy atom. The van der Waals surface area contributed by atoms with Crippen LogP contribution < -0.4 is 5.32 Å². The lowest BCUT2D eigenvalue weighted by molar-refractivity contribution is 0.478. The minimum Gasteiger partial charge on any atom is -0.444 e. The second-order valence-electron chi connectivity index (χ2n) is 5.88. The molecule has 1 N–H and O–H groups in total. The van der Waals surface area contributed by atoms with Gasteiger partial charge < -0.3 is 9.73 Å². The van der Waals surface area contributed by atoms with E-state index >= 15 is 0 Å². The Bertz CT molecular complexity index is 1000. The van der Waals surface area contributed by atoms with E-state index in [9.17, 15) is 0 Å². The molecule has 25 heavy (non-hydrogen) atoms. The maximum absolute atomic E-state index is 5.61. The SMILES string of the molecule is Cc1nc(CNc2nc(-c3ccccc3)c3ccccc3n2)oc1C. The molecule has 0 aliphatic rings. The third kappa shape index (κ3) is 3.08. The van der Waals surface area contributed by atoms with Crippen LogP contribution in [0.1, 0.15) is 17.3 Å². The molecule has 5 heteroatoms. The van der Waals surface area contributed by atoms with E-state index in [1.165, 1.54) is 0 Å². The number of rotatable bonds is 4. The third-order valence-corrected chi connectivity index (χ3v) is 4.12. The van der Waals surface area contributed by atoms with E-state index in [2.05, 4.69) is 27.4 Å². The Morgan fingerprint density at radius 1 is 0.880 bits per heavy atom. The summed E-state index contributed by atoms with van der Waals surface area (Å²) in [5.74, 6) is 2.03. The molecule has 4 aromatic rings. The van der Waals surface area contributed by atoms with Crippen LogP contribution in [0.25, 0.3) is 22.2 Å². The molecule has 0 unspecified atom stereocenters. The molecule has 0 fully saturated rings. The van der Waals surface area contributed by atoms with E-state index in [0.717, 1.165) is 33.6 Å². The number of aryl methyl sites for hydroxylation is 2. The number of benzene rings is 2. The van der Waals surface area contributed by atoms with Crippen molar-refractivity contribution < 1.29 is 4.42 Å². The second-order valence-corrected chi connectivity index (χ2v) is 5.88. The summed E-state index contributed by atoms with van der Waals surface area (Å²) < 4.78 is 5.61. The van der Waals surface area contributed by atoms with Gasteiger partial charge in [-0.1, -0.05) is 48.5 Å². The Labute approximate surface area is 145 Å². The molecular weight excluding hydrogens is 312 g/mol. The number of hydrogen-bond donors (Lipinski definition) is 1. The summed E-state index contributed by atoms with van der Waals surface area (Å²) in [6, 6.07) is 18.2. The molecule has 0 amide bonds. The largest absolute Gasteiger partial charge is 0.444 e. The van der Waals surface area contributed by atoms with Gasteiger partial charge in [-0.2, -0.15) is 0 Å². The third-order valence-electron chi connectivity index (χ3n) is 4.12. The Kier molecular flexibility index (Phi) is 3.90. The van der Waals surface area contributed by atoms with Crippen LogP contribution in [0.4, 0.5) is 5.95 Å². The number of nitrogens with zero attached hydrogens (tertiary/aromatic N) is 3. The van der Waals surface area contributed by atoms with Crippen LogP contribution in [0.3, 0.4) is 0 Å². The summed E-state index contributed by atoms with van der Waals surface area (Å²) in [6.07, 6.45) is 0. The van der Waals surface area contributed by atoms with Gasteiger partial charge in [0, 0.05) is 10.9 Å². The summed E-state index contributed by atoms with van der Waals surface area (Å²) in [6.45, 7) is 4.29. The summed E-state index contributed by atoms with van der Waals surface area (Å²) in [7, 11) is 0. The number of para-hydroxylation sites is 1. The average molecular weight is 330 g/mol. The van der Waals surface area contributed by atoms with Gasteiger partial charge in [0.05, 0.1) is 23.4 Å². The number of oxazole rings is 1. The zero-order valence-corrected chi connectivity index (χ0v) is 14.2. The van der Waals surface area contributed by atoms with Gasteiger partial charge in [-0.3, -0.25) is 0 Å². The van der Waals surface area contributed by atoms with Crippen molar-refractivity contribution in [3.8, 4) is 11.3 Å². The molecule has 0 saturated heterocycles. The molecule has 0 bridgehead atoms. The molecular formula is C20H18N4O. The molecule has 2 aromatic heterocycles. The van der Waals surface area contributed by atoms with Crippen LogP contribution in [0.5, 0.6) is 0 Å². The van der Waals surface area contributed by atoms with Crippen molar-refractivity contribution in [2.24, 2.45) is 0 Å². The summed E-state index contributed by atoms with van der Waals surface area (Å²) in [5, 5.41) is 4.26. The topological polar surface area (TPSA) is 63.8 Å². The number of nitrogens with one attached hydrogen (secondary N) is 1. The summed E-state index contributed by atoms with van der Waals surface area (Å²) in [5.41, 5.74) is 3.78. The number of aromatic nitrogens is 3. The van der Waals surface area contributed by atoms with Crippen molar-refractivity contribution in [3.05, 3.63) is 71.9 Å². The van der Waals surface area contributed by atoms with E-state index in [1.807, 2.05) is 56.3 Å². The molecule has 0 saturated carbocycles. The molecule has 4 rings (SSSR count). The van der Waals surface area contributed by atoms with Crippen LogP contribution in [-0.4, -0.2) is 15.0 Å². The van der Waals surface area contributed by atoms with E-state index in [4.69, 9.17) is 9.40 Å². The maximum atomic E-state index is 5.61. The Hall–Kier alpha value is -3.21. The fourth-order valence-corrected chi connectivity index (χ4v) is 2.74. The summed E-state index contributed by atoms with van der Waals surface area (Å²) >= 11 is 0. The zero-order chi connectivity index (χ0) is 17.2. The van der Waals surface area contributed by atoms with Gasteiger partial charge in [-0.15, -0.1) is 0 Å². The average Bonchev–Trinajstić information content (AvgIpc) is 2.98.